The van der Waals surface area contributed by atoms with Crippen molar-refractivity contribution in [2.45, 2.75) is 40.2 Å². The van der Waals surface area contributed by atoms with E-state index in [0.29, 0.717) is 12.2 Å². The number of hydrogen-bond donors (Lipinski definition) is 1. The van der Waals surface area contributed by atoms with E-state index in [2.05, 4.69) is 4.98 Å². The zero-order valence-electron chi connectivity index (χ0n) is 12.9. The van der Waals surface area contributed by atoms with Crippen molar-refractivity contribution in [3.05, 3.63) is 23.5 Å². The van der Waals surface area contributed by atoms with E-state index in [0.717, 1.165) is 11.4 Å². The Labute approximate surface area is 120 Å². The molecule has 0 aliphatic carbocycles. The highest BCUT2D eigenvalue weighted by Gasteiger charge is 2.30. The molecule has 1 rings (SSSR count). The Hall–Kier alpha value is -1.62. The lowest BCUT2D eigenvalue weighted by Crippen LogP contribution is -2.32. The van der Waals surface area contributed by atoms with Gasteiger partial charge < -0.3 is 15.2 Å². The quantitative estimate of drug-likeness (QED) is 0.805. The van der Waals surface area contributed by atoms with Crippen LogP contribution in [-0.4, -0.2) is 30.7 Å². The lowest BCUT2D eigenvalue weighted by Gasteiger charge is -2.22. The van der Waals surface area contributed by atoms with Gasteiger partial charge in [-0.1, -0.05) is 0 Å². The van der Waals surface area contributed by atoms with Crippen molar-refractivity contribution in [1.82, 2.24) is 4.98 Å². The van der Waals surface area contributed by atoms with Crippen LogP contribution in [0.15, 0.2) is 12.1 Å². The van der Waals surface area contributed by atoms with E-state index in [1.165, 1.54) is 7.11 Å². The van der Waals surface area contributed by atoms with Crippen LogP contribution in [0.5, 0.6) is 5.75 Å². The molecule has 0 spiro atoms. The zero-order chi connectivity index (χ0) is 15.3. The van der Waals surface area contributed by atoms with Crippen molar-refractivity contribution in [2.24, 2.45) is 11.1 Å². The van der Waals surface area contributed by atoms with Crippen LogP contribution in [0.2, 0.25) is 0 Å². The molecule has 1 atom stereocenters. The largest absolute Gasteiger partial charge is 0.491 e. The highest BCUT2D eigenvalue weighted by molar-refractivity contribution is 5.75. The summed E-state index contributed by atoms with van der Waals surface area (Å²) in [5, 5.41) is 0. The van der Waals surface area contributed by atoms with Gasteiger partial charge in [0, 0.05) is 18.2 Å². The van der Waals surface area contributed by atoms with Crippen LogP contribution in [0.3, 0.4) is 0 Å². The first-order valence-electron chi connectivity index (χ1n) is 6.69. The Kier molecular flexibility index (Phi) is 5.51. The summed E-state index contributed by atoms with van der Waals surface area (Å²) in [5.41, 5.74) is 6.86. The molecule has 5 heteroatoms. The van der Waals surface area contributed by atoms with E-state index in [9.17, 15) is 4.79 Å². The number of carbonyl (C=O) groups excluding carboxylic acids is 1. The lowest BCUT2D eigenvalue weighted by atomic mass is 9.95. The Bertz CT molecular complexity index is 470. The highest BCUT2D eigenvalue weighted by atomic mass is 16.5. The van der Waals surface area contributed by atoms with E-state index in [-0.39, 0.29) is 18.6 Å². The van der Waals surface area contributed by atoms with Gasteiger partial charge in [0.25, 0.3) is 0 Å². The molecular weight excluding hydrogens is 256 g/mol. The molecule has 0 fully saturated rings. The van der Waals surface area contributed by atoms with Crippen LogP contribution in [0.25, 0.3) is 0 Å². The van der Waals surface area contributed by atoms with Crippen LogP contribution < -0.4 is 10.5 Å². The first-order valence-corrected chi connectivity index (χ1v) is 6.69. The van der Waals surface area contributed by atoms with Gasteiger partial charge in [-0.05, 0) is 39.8 Å². The number of nitrogens with two attached hydrogens (primary N) is 1. The predicted octanol–water partition coefficient (Wildman–Crippen LogP) is 1.86. The molecule has 2 N–H and O–H groups in total. The maximum absolute atomic E-state index is 11.6. The van der Waals surface area contributed by atoms with Gasteiger partial charge in [0.2, 0.25) is 0 Å². The number of nitrogens with zero attached hydrogens (tertiary/aromatic N) is 1. The van der Waals surface area contributed by atoms with Gasteiger partial charge in [-0.2, -0.15) is 0 Å². The summed E-state index contributed by atoms with van der Waals surface area (Å²) in [7, 11) is 1.37. The normalized spacial score (nSPS) is 12.9. The van der Waals surface area contributed by atoms with Gasteiger partial charge in [0.05, 0.1) is 18.2 Å². The summed E-state index contributed by atoms with van der Waals surface area (Å²) in [6.45, 7) is 7.65. The van der Waals surface area contributed by atoms with Gasteiger partial charge in [-0.15, -0.1) is 0 Å². The Morgan fingerprint density at radius 1 is 1.45 bits per heavy atom. The van der Waals surface area contributed by atoms with E-state index in [4.69, 9.17) is 15.2 Å². The van der Waals surface area contributed by atoms with Crippen LogP contribution in [0.1, 0.15) is 32.2 Å². The van der Waals surface area contributed by atoms with E-state index in [1.54, 1.807) is 13.8 Å². The molecule has 1 aromatic rings. The van der Waals surface area contributed by atoms with Crippen molar-refractivity contribution in [3.63, 3.8) is 0 Å². The van der Waals surface area contributed by atoms with Gasteiger partial charge >= 0.3 is 5.97 Å². The summed E-state index contributed by atoms with van der Waals surface area (Å²) in [6, 6.07) is 3.75. The number of aromatic nitrogens is 1. The minimum atomic E-state index is -0.703. The van der Waals surface area contributed by atoms with Crippen molar-refractivity contribution in [1.29, 1.82) is 0 Å². The highest BCUT2D eigenvalue weighted by Crippen LogP contribution is 2.23. The molecule has 1 heterocycles. The van der Waals surface area contributed by atoms with E-state index in [1.807, 2.05) is 26.0 Å². The Morgan fingerprint density at radius 2 is 2.10 bits per heavy atom. The molecule has 1 unspecified atom stereocenters. The number of hydrogen-bond acceptors (Lipinski definition) is 5. The fraction of sp³-hybridized carbons (Fsp3) is 0.600. The fourth-order valence-electron chi connectivity index (χ4n) is 1.77. The minimum Gasteiger partial charge on any atom is -0.491 e. The lowest BCUT2D eigenvalue weighted by molar-refractivity contribution is -0.152. The van der Waals surface area contributed by atoms with Crippen molar-refractivity contribution in [3.8, 4) is 5.75 Å². The topological polar surface area (TPSA) is 74.4 Å². The second kappa shape index (κ2) is 6.70. The second-order valence-corrected chi connectivity index (χ2v) is 5.74. The second-order valence-electron chi connectivity index (χ2n) is 5.74. The number of aryl methyl sites for hydroxylation is 1. The maximum atomic E-state index is 11.6. The molecule has 0 aromatic carbocycles. The molecule has 0 amide bonds. The standard InChI is InChI=1S/C15H24N2O3/c1-10(16)8-12-13(7-6-11(2)17-12)20-9-15(3,4)14(18)19-5/h6-7,10H,8-9,16H2,1-5H3. The molecule has 0 aliphatic rings. The Morgan fingerprint density at radius 3 is 2.65 bits per heavy atom. The molecule has 0 saturated carbocycles. The summed E-state index contributed by atoms with van der Waals surface area (Å²) < 4.78 is 10.5. The smallest absolute Gasteiger partial charge is 0.314 e. The number of methoxy groups -OCH3 is 1. The first-order chi connectivity index (χ1) is 9.26. The number of pyridine rings is 1. The number of ether oxygens (including phenoxy) is 2. The molecule has 112 valence electrons. The predicted molar refractivity (Wildman–Crippen MR) is 77.6 cm³/mol. The number of carbonyl (C=O) groups is 1. The summed E-state index contributed by atoms with van der Waals surface area (Å²) in [4.78, 5) is 16.1. The van der Waals surface area contributed by atoms with E-state index < -0.39 is 5.41 Å². The van der Waals surface area contributed by atoms with Crippen LogP contribution >= 0.6 is 0 Å². The molecule has 20 heavy (non-hydrogen) atoms. The SMILES string of the molecule is COC(=O)C(C)(C)COc1ccc(C)nc1CC(C)N. The summed E-state index contributed by atoms with van der Waals surface area (Å²) >= 11 is 0. The van der Waals surface area contributed by atoms with Gasteiger partial charge in [0.15, 0.2) is 0 Å². The average molecular weight is 280 g/mol. The minimum absolute atomic E-state index is 0.000247. The molecule has 1 aromatic heterocycles. The van der Waals surface area contributed by atoms with Crippen LogP contribution in [-0.2, 0) is 16.0 Å². The molecule has 0 radical (unpaired) electrons. The monoisotopic (exact) mass is 280 g/mol. The molecule has 5 nitrogen and oxygen atoms in total. The molecule has 0 bridgehead atoms. The van der Waals surface area contributed by atoms with Crippen molar-refractivity contribution >= 4 is 5.97 Å². The third-order valence-electron chi connectivity index (χ3n) is 2.91. The van der Waals surface area contributed by atoms with Gasteiger partial charge in [-0.25, -0.2) is 0 Å². The third kappa shape index (κ3) is 4.49. The Balaban J connectivity index is 2.84. The molecule has 0 aliphatic heterocycles. The summed E-state index contributed by atoms with van der Waals surface area (Å²) in [6.07, 6.45) is 0.635. The molecular formula is C15H24N2O3. The van der Waals surface area contributed by atoms with E-state index >= 15 is 0 Å². The van der Waals surface area contributed by atoms with Gasteiger partial charge in [0.1, 0.15) is 12.4 Å². The van der Waals surface area contributed by atoms with Crippen molar-refractivity contribution in [2.75, 3.05) is 13.7 Å². The molecule has 0 saturated heterocycles. The van der Waals surface area contributed by atoms with Crippen molar-refractivity contribution < 1.29 is 14.3 Å². The zero-order valence-corrected chi connectivity index (χ0v) is 12.9. The van der Waals surface area contributed by atoms with Crippen LogP contribution in [0, 0.1) is 12.3 Å². The number of rotatable bonds is 6. The fourth-order valence-corrected chi connectivity index (χ4v) is 1.77. The summed E-state index contributed by atoms with van der Waals surface area (Å²) in [5.74, 6) is 0.371. The average Bonchev–Trinajstić information content (AvgIpc) is 2.36. The third-order valence-corrected chi connectivity index (χ3v) is 2.91. The van der Waals surface area contributed by atoms with Gasteiger partial charge in [-0.3, -0.25) is 9.78 Å². The first kappa shape index (κ1) is 16.4. The maximum Gasteiger partial charge on any atom is 0.314 e. The van der Waals surface area contributed by atoms with Crippen LogP contribution in [0.4, 0.5) is 0 Å². The number of esters is 1.